The van der Waals surface area contributed by atoms with Crippen molar-refractivity contribution in [2.24, 2.45) is 5.92 Å². The third-order valence-electron chi connectivity index (χ3n) is 4.40. The van der Waals surface area contributed by atoms with E-state index in [0.29, 0.717) is 18.3 Å². The van der Waals surface area contributed by atoms with Gasteiger partial charge in [-0.3, -0.25) is 0 Å². The van der Waals surface area contributed by atoms with Crippen molar-refractivity contribution in [3.05, 3.63) is 23.2 Å². The van der Waals surface area contributed by atoms with Gasteiger partial charge in [-0.15, -0.1) is 0 Å². The lowest BCUT2D eigenvalue weighted by Crippen LogP contribution is -2.41. The number of halogens is 1. The fourth-order valence-electron chi connectivity index (χ4n) is 2.71. The molecule has 0 saturated carbocycles. The summed E-state index contributed by atoms with van der Waals surface area (Å²) >= 11 is 5.99. The average Bonchev–Trinajstić information content (AvgIpc) is 2.53. The Labute approximate surface area is 153 Å². The Morgan fingerprint density at radius 2 is 2.00 bits per heavy atom. The second-order valence-corrected chi connectivity index (χ2v) is 7.42. The first-order valence-electron chi connectivity index (χ1n) is 8.39. The molecule has 0 aromatic heterocycles. The predicted octanol–water partition coefficient (Wildman–Crippen LogP) is 1.06. The number of carbonyl (C=O) groups excluding carboxylic acids is 1. The van der Waals surface area contributed by atoms with Crippen LogP contribution < -0.4 is 10.2 Å². The van der Waals surface area contributed by atoms with Crippen LogP contribution in [0.15, 0.2) is 18.2 Å². The number of benzene rings is 1. The highest BCUT2D eigenvalue weighted by Crippen LogP contribution is 2.23. The summed E-state index contributed by atoms with van der Waals surface area (Å²) in [4.78, 5) is 14.6. The molecule has 25 heavy (non-hydrogen) atoms. The molecule has 1 aromatic rings. The Kier molecular flexibility index (Phi) is 6.74. The summed E-state index contributed by atoms with van der Waals surface area (Å²) < 4.78 is 11.2. The summed E-state index contributed by atoms with van der Waals surface area (Å²) in [5.41, 5.74) is -0.995. The van der Waals surface area contributed by atoms with Crippen LogP contribution in [-0.4, -0.2) is 60.4 Å². The van der Waals surface area contributed by atoms with Crippen LogP contribution in [0.25, 0.3) is 0 Å². The zero-order valence-corrected chi connectivity index (χ0v) is 15.6. The van der Waals surface area contributed by atoms with Gasteiger partial charge in [0.25, 0.3) is 0 Å². The molecule has 0 atom stereocenters. The van der Waals surface area contributed by atoms with E-state index in [1.54, 1.807) is 13.8 Å². The Bertz CT molecular complexity index is 603. The fraction of sp³-hybridized carbons (Fsp3) is 0.588. The fourth-order valence-corrected chi connectivity index (χ4v) is 2.98. The molecule has 0 aliphatic carbocycles. The molecule has 1 heterocycles. The van der Waals surface area contributed by atoms with Crippen molar-refractivity contribution in [1.29, 1.82) is 0 Å². The van der Waals surface area contributed by atoms with E-state index in [1.165, 1.54) is 18.2 Å². The molecule has 1 aromatic carbocycles. The summed E-state index contributed by atoms with van der Waals surface area (Å²) in [6, 6.07) is 4.43. The Hall–Kier alpha value is -1.28. The van der Waals surface area contributed by atoms with E-state index < -0.39 is 18.7 Å². The molecular weight excluding hydrogens is 344 g/mol. The van der Waals surface area contributed by atoms with Gasteiger partial charge in [0.05, 0.1) is 6.61 Å². The molecule has 0 bridgehead atoms. The molecule has 0 radical (unpaired) electrons. The Balaban J connectivity index is 1.91. The molecule has 6 nitrogen and oxygen atoms in total. The molecule has 2 N–H and O–H groups in total. The third kappa shape index (κ3) is 5.61. The maximum absolute atomic E-state index is 12.4. The van der Waals surface area contributed by atoms with E-state index in [9.17, 15) is 14.8 Å². The minimum atomic E-state index is -1.66. The molecule has 0 unspecified atom stereocenters. The zero-order chi connectivity index (χ0) is 18.6. The molecule has 1 fully saturated rings. The number of esters is 1. The first kappa shape index (κ1) is 20.0. The molecule has 1 saturated heterocycles. The van der Waals surface area contributed by atoms with Crippen molar-refractivity contribution in [2.45, 2.75) is 32.3 Å². The zero-order valence-electron chi connectivity index (χ0n) is 14.9. The topological polar surface area (TPSA) is 79.2 Å². The number of hydrogen-bond acceptors (Lipinski definition) is 6. The Morgan fingerprint density at radius 1 is 1.36 bits per heavy atom. The number of carbonyl (C=O) groups is 1. The maximum atomic E-state index is 12.4. The number of rotatable bonds is 6. The second kappa shape index (κ2) is 8.40. The Morgan fingerprint density at radius 3 is 2.56 bits per heavy atom. The second-order valence-electron chi connectivity index (χ2n) is 7.01. The number of hydrogen-bond donors (Lipinski definition) is 2. The van der Waals surface area contributed by atoms with Crippen LogP contribution in [0.4, 0.5) is 0 Å². The van der Waals surface area contributed by atoms with Gasteiger partial charge in [0.2, 0.25) is 0 Å². The smallest absolute Gasteiger partial charge is 0.476 e. The van der Waals surface area contributed by atoms with Gasteiger partial charge in [0.15, 0.2) is 5.60 Å². The number of piperidine rings is 1. The van der Waals surface area contributed by atoms with Gasteiger partial charge in [0, 0.05) is 10.5 Å². The van der Waals surface area contributed by atoms with Gasteiger partial charge in [0.1, 0.15) is 5.75 Å². The lowest BCUT2D eigenvalue weighted by molar-refractivity contribution is -0.161. The monoisotopic (exact) mass is 369 g/mol. The number of ether oxygens (including phenoxy) is 2. The van der Waals surface area contributed by atoms with Gasteiger partial charge >= 0.3 is 13.1 Å². The molecule has 0 amide bonds. The van der Waals surface area contributed by atoms with Gasteiger partial charge in [-0.05, 0) is 64.9 Å². The van der Waals surface area contributed by atoms with Crippen LogP contribution in [0.3, 0.4) is 0 Å². The van der Waals surface area contributed by atoms with Crippen LogP contribution >= 0.6 is 11.6 Å². The summed E-state index contributed by atoms with van der Waals surface area (Å²) in [6.45, 7) is 5.70. The molecule has 1 aliphatic heterocycles. The van der Waals surface area contributed by atoms with E-state index in [1.807, 2.05) is 0 Å². The predicted molar refractivity (Wildman–Crippen MR) is 97.2 cm³/mol. The van der Waals surface area contributed by atoms with Crippen molar-refractivity contribution < 1.29 is 24.3 Å². The van der Waals surface area contributed by atoms with Crippen LogP contribution in [-0.2, 0) is 9.53 Å². The first-order chi connectivity index (χ1) is 11.7. The summed E-state index contributed by atoms with van der Waals surface area (Å²) in [7, 11) is 0.430. The van der Waals surface area contributed by atoms with Gasteiger partial charge in [-0.1, -0.05) is 17.7 Å². The number of likely N-dealkylation sites (tertiary alicyclic amines) is 1. The quantitative estimate of drug-likeness (QED) is 0.577. The van der Waals surface area contributed by atoms with E-state index in [-0.39, 0.29) is 10.5 Å². The lowest BCUT2D eigenvalue weighted by Gasteiger charge is -2.30. The number of nitrogens with zero attached hydrogens (tertiary/aromatic N) is 1. The van der Waals surface area contributed by atoms with Crippen molar-refractivity contribution in [2.75, 3.05) is 26.7 Å². The molecule has 0 spiro atoms. The van der Waals surface area contributed by atoms with E-state index >= 15 is 0 Å². The third-order valence-corrected chi connectivity index (χ3v) is 4.73. The van der Waals surface area contributed by atoms with E-state index in [2.05, 4.69) is 11.9 Å². The normalized spacial score (nSPS) is 16.6. The van der Waals surface area contributed by atoms with E-state index in [0.717, 1.165) is 25.9 Å². The van der Waals surface area contributed by atoms with Crippen molar-refractivity contribution >= 4 is 30.2 Å². The van der Waals surface area contributed by atoms with Crippen molar-refractivity contribution in [1.82, 2.24) is 4.90 Å². The highest BCUT2D eigenvalue weighted by atomic mass is 35.5. The lowest BCUT2D eigenvalue weighted by atomic mass is 9.80. The van der Waals surface area contributed by atoms with Crippen LogP contribution in [0.1, 0.15) is 26.7 Å². The summed E-state index contributed by atoms with van der Waals surface area (Å²) in [6.07, 6.45) is 2.04. The molecule has 8 heteroatoms. The minimum absolute atomic E-state index is 0.156. The standard InChI is InChI=1S/C17H25BClNO5/c1-17(2,16(21)24-11-12-6-8-20(3)9-7-12)25-13-4-5-14(18(22)23)15(19)10-13/h4-5,10,12,22-23H,6-9,11H2,1-3H3. The van der Waals surface area contributed by atoms with Crippen LogP contribution in [0.5, 0.6) is 5.75 Å². The average molecular weight is 370 g/mol. The molecular formula is C17H25BClNO5. The highest BCUT2D eigenvalue weighted by molar-refractivity contribution is 6.62. The van der Waals surface area contributed by atoms with Crippen molar-refractivity contribution in [3.8, 4) is 5.75 Å². The summed E-state index contributed by atoms with van der Waals surface area (Å²) in [5, 5.41) is 18.5. The minimum Gasteiger partial charge on any atom is -0.476 e. The SMILES string of the molecule is CN1CCC(COC(=O)C(C)(C)Oc2ccc(B(O)O)c(Cl)c2)CC1. The van der Waals surface area contributed by atoms with Gasteiger partial charge in [-0.25, -0.2) is 4.79 Å². The largest absolute Gasteiger partial charge is 0.489 e. The van der Waals surface area contributed by atoms with Crippen LogP contribution in [0, 0.1) is 5.92 Å². The maximum Gasteiger partial charge on any atom is 0.489 e. The van der Waals surface area contributed by atoms with Gasteiger partial charge < -0.3 is 24.4 Å². The highest BCUT2D eigenvalue weighted by Gasteiger charge is 2.33. The molecule has 1 aliphatic rings. The van der Waals surface area contributed by atoms with Crippen molar-refractivity contribution in [3.63, 3.8) is 0 Å². The molecule has 138 valence electrons. The van der Waals surface area contributed by atoms with Crippen LogP contribution in [0.2, 0.25) is 5.02 Å². The summed E-state index contributed by atoms with van der Waals surface area (Å²) in [5.74, 6) is 0.306. The molecule has 2 rings (SSSR count). The van der Waals surface area contributed by atoms with Gasteiger partial charge in [-0.2, -0.15) is 0 Å². The van der Waals surface area contributed by atoms with E-state index in [4.69, 9.17) is 21.1 Å². The first-order valence-corrected chi connectivity index (χ1v) is 8.77.